The maximum absolute atomic E-state index is 13.0. The zero-order chi connectivity index (χ0) is 16.9. The average molecular weight is 377 g/mol. The number of rotatable bonds is 7. The van der Waals surface area contributed by atoms with Gasteiger partial charge in [0.25, 0.3) is 0 Å². The lowest BCUT2D eigenvalue weighted by atomic mass is 10.1. The summed E-state index contributed by atoms with van der Waals surface area (Å²) < 4.78 is 33.3. The third-order valence-electron chi connectivity index (χ3n) is 3.96. The number of sulfonamides is 1. The van der Waals surface area contributed by atoms with Crippen molar-refractivity contribution in [3.05, 3.63) is 24.3 Å². The quantitative estimate of drug-likeness (QED) is 0.794. The number of piperidine rings is 1. The van der Waals surface area contributed by atoms with Crippen LogP contribution in [0.1, 0.15) is 40.0 Å². The van der Waals surface area contributed by atoms with Crippen LogP contribution in [0.15, 0.2) is 29.2 Å². The molecule has 0 bridgehead atoms. The first-order valence-corrected chi connectivity index (χ1v) is 9.88. The smallest absolute Gasteiger partial charge is 0.243 e. The van der Waals surface area contributed by atoms with Crippen LogP contribution in [0.25, 0.3) is 0 Å². The molecule has 0 spiro atoms. The molecular formula is C17H29ClN2O3S. The van der Waals surface area contributed by atoms with Crippen molar-refractivity contribution >= 4 is 22.4 Å². The van der Waals surface area contributed by atoms with Gasteiger partial charge in [-0.25, -0.2) is 8.42 Å². The molecular weight excluding hydrogens is 348 g/mol. The van der Waals surface area contributed by atoms with Gasteiger partial charge in [0.1, 0.15) is 5.75 Å². The molecule has 2 rings (SSSR count). The van der Waals surface area contributed by atoms with Crippen molar-refractivity contribution in [1.29, 1.82) is 0 Å². The number of benzene rings is 1. The SMILES string of the molecule is CCCN(C1CCNCC1)S(=O)(=O)c1ccc(OC(C)C)cc1.Cl. The van der Waals surface area contributed by atoms with Gasteiger partial charge in [0.15, 0.2) is 0 Å². The van der Waals surface area contributed by atoms with Gasteiger partial charge in [0.2, 0.25) is 10.0 Å². The van der Waals surface area contributed by atoms with E-state index in [0.717, 1.165) is 32.4 Å². The van der Waals surface area contributed by atoms with Gasteiger partial charge in [-0.3, -0.25) is 0 Å². The van der Waals surface area contributed by atoms with Crippen LogP contribution < -0.4 is 10.1 Å². The Bertz CT molecular complexity index is 584. The average Bonchev–Trinajstić information content (AvgIpc) is 2.53. The van der Waals surface area contributed by atoms with E-state index >= 15 is 0 Å². The van der Waals surface area contributed by atoms with Crippen molar-refractivity contribution in [1.82, 2.24) is 9.62 Å². The molecule has 0 aromatic heterocycles. The number of hydrogen-bond acceptors (Lipinski definition) is 4. The highest BCUT2D eigenvalue weighted by atomic mass is 35.5. The standard InChI is InChI=1S/C17H28N2O3S.ClH/c1-4-13-19(15-9-11-18-12-10-15)23(20,21)17-7-5-16(6-8-17)22-14(2)3;/h5-8,14-15,18H,4,9-13H2,1-3H3;1H. The Morgan fingerprint density at radius 1 is 1.21 bits per heavy atom. The summed E-state index contributed by atoms with van der Waals surface area (Å²) >= 11 is 0. The number of hydrogen-bond donors (Lipinski definition) is 1. The molecule has 1 aromatic carbocycles. The van der Waals surface area contributed by atoms with Crippen LogP contribution in [0, 0.1) is 0 Å². The molecule has 138 valence electrons. The molecule has 1 N–H and O–H groups in total. The van der Waals surface area contributed by atoms with Gasteiger partial charge in [-0.05, 0) is 70.5 Å². The van der Waals surface area contributed by atoms with Crippen LogP contribution in [-0.2, 0) is 10.0 Å². The second kappa shape index (κ2) is 9.61. The van der Waals surface area contributed by atoms with Crippen LogP contribution in [0.3, 0.4) is 0 Å². The highest BCUT2D eigenvalue weighted by Gasteiger charge is 2.31. The van der Waals surface area contributed by atoms with E-state index in [1.807, 2.05) is 20.8 Å². The van der Waals surface area contributed by atoms with E-state index in [0.29, 0.717) is 17.2 Å². The van der Waals surface area contributed by atoms with Crippen molar-refractivity contribution < 1.29 is 13.2 Å². The van der Waals surface area contributed by atoms with Gasteiger partial charge in [-0.1, -0.05) is 6.92 Å². The Labute approximate surface area is 152 Å². The maximum Gasteiger partial charge on any atom is 0.243 e. The van der Waals surface area contributed by atoms with E-state index in [1.54, 1.807) is 28.6 Å². The third-order valence-corrected chi connectivity index (χ3v) is 5.93. The van der Waals surface area contributed by atoms with Gasteiger partial charge in [-0.15, -0.1) is 12.4 Å². The molecule has 0 atom stereocenters. The minimum Gasteiger partial charge on any atom is -0.491 e. The summed E-state index contributed by atoms with van der Waals surface area (Å²) in [4.78, 5) is 0.348. The Kier molecular flexibility index (Phi) is 8.50. The zero-order valence-corrected chi connectivity index (χ0v) is 16.3. The highest BCUT2D eigenvalue weighted by Crippen LogP contribution is 2.25. The van der Waals surface area contributed by atoms with E-state index < -0.39 is 10.0 Å². The van der Waals surface area contributed by atoms with Crippen molar-refractivity contribution in [3.63, 3.8) is 0 Å². The number of nitrogens with zero attached hydrogens (tertiary/aromatic N) is 1. The lowest BCUT2D eigenvalue weighted by Gasteiger charge is -2.33. The molecule has 0 radical (unpaired) electrons. The van der Waals surface area contributed by atoms with Gasteiger partial charge >= 0.3 is 0 Å². The number of nitrogens with one attached hydrogen (secondary N) is 1. The fourth-order valence-corrected chi connectivity index (χ4v) is 4.69. The first-order valence-electron chi connectivity index (χ1n) is 8.44. The van der Waals surface area contributed by atoms with E-state index in [9.17, 15) is 8.42 Å². The Hall–Kier alpha value is -0.820. The predicted octanol–water partition coefficient (Wildman–Crippen LogP) is 3.05. The van der Waals surface area contributed by atoms with Gasteiger partial charge in [0, 0.05) is 12.6 Å². The summed E-state index contributed by atoms with van der Waals surface area (Å²) in [5.41, 5.74) is 0. The fourth-order valence-electron chi connectivity index (χ4n) is 2.91. The lowest BCUT2D eigenvalue weighted by molar-refractivity contribution is 0.242. The Morgan fingerprint density at radius 2 is 1.79 bits per heavy atom. The molecule has 1 aliphatic rings. The molecule has 1 aromatic rings. The van der Waals surface area contributed by atoms with Gasteiger partial charge in [-0.2, -0.15) is 4.31 Å². The van der Waals surface area contributed by atoms with E-state index in [1.165, 1.54) is 0 Å². The summed E-state index contributed by atoms with van der Waals surface area (Å²) in [6.45, 7) is 8.24. The molecule has 1 heterocycles. The van der Waals surface area contributed by atoms with E-state index in [-0.39, 0.29) is 24.6 Å². The van der Waals surface area contributed by atoms with Gasteiger partial charge in [0.05, 0.1) is 11.0 Å². The Morgan fingerprint density at radius 3 is 2.29 bits per heavy atom. The van der Waals surface area contributed by atoms with Crippen molar-refractivity contribution in [3.8, 4) is 5.75 Å². The summed E-state index contributed by atoms with van der Waals surface area (Å²) in [5, 5.41) is 3.29. The molecule has 7 heteroatoms. The molecule has 24 heavy (non-hydrogen) atoms. The summed E-state index contributed by atoms with van der Waals surface area (Å²) in [6, 6.07) is 6.86. The molecule has 0 unspecified atom stereocenters. The highest BCUT2D eigenvalue weighted by molar-refractivity contribution is 7.89. The summed E-state index contributed by atoms with van der Waals surface area (Å²) in [7, 11) is -3.46. The number of halogens is 1. The zero-order valence-electron chi connectivity index (χ0n) is 14.7. The maximum atomic E-state index is 13.0. The Balaban J connectivity index is 0.00000288. The summed E-state index contributed by atoms with van der Waals surface area (Å²) in [5.74, 6) is 0.697. The molecule has 5 nitrogen and oxygen atoms in total. The third kappa shape index (κ3) is 5.34. The van der Waals surface area contributed by atoms with Crippen LogP contribution in [0.2, 0.25) is 0 Å². The van der Waals surface area contributed by atoms with Crippen LogP contribution in [0.4, 0.5) is 0 Å². The fraction of sp³-hybridized carbons (Fsp3) is 0.647. The van der Waals surface area contributed by atoms with Crippen LogP contribution in [0.5, 0.6) is 5.75 Å². The minimum atomic E-state index is -3.46. The predicted molar refractivity (Wildman–Crippen MR) is 99.5 cm³/mol. The normalized spacial score (nSPS) is 16.2. The molecule has 0 aliphatic carbocycles. The largest absolute Gasteiger partial charge is 0.491 e. The van der Waals surface area contributed by atoms with Crippen LogP contribution in [-0.4, -0.2) is 44.5 Å². The second-order valence-electron chi connectivity index (χ2n) is 6.23. The number of ether oxygens (including phenoxy) is 1. The molecule has 1 saturated heterocycles. The van der Waals surface area contributed by atoms with Crippen LogP contribution >= 0.6 is 12.4 Å². The molecule has 1 fully saturated rings. The molecule has 1 aliphatic heterocycles. The van der Waals surface area contributed by atoms with Gasteiger partial charge < -0.3 is 10.1 Å². The van der Waals surface area contributed by atoms with E-state index in [4.69, 9.17) is 4.74 Å². The molecule has 0 saturated carbocycles. The monoisotopic (exact) mass is 376 g/mol. The lowest BCUT2D eigenvalue weighted by Crippen LogP contribution is -2.46. The van der Waals surface area contributed by atoms with Crippen molar-refractivity contribution in [2.45, 2.75) is 57.1 Å². The topological polar surface area (TPSA) is 58.6 Å². The minimum absolute atomic E-state index is 0. The summed E-state index contributed by atoms with van der Waals surface area (Å²) in [6.07, 6.45) is 2.63. The molecule has 0 amide bonds. The van der Waals surface area contributed by atoms with E-state index in [2.05, 4.69) is 5.32 Å². The first-order chi connectivity index (χ1) is 10.9. The van der Waals surface area contributed by atoms with Crippen molar-refractivity contribution in [2.75, 3.05) is 19.6 Å². The van der Waals surface area contributed by atoms with Crippen molar-refractivity contribution in [2.24, 2.45) is 0 Å². The second-order valence-corrected chi connectivity index (χ2v) is 8.13. The first kappa shape index (κ1) is 21.2.